The molecule has 0 unspecified atom stereocenters. The van der Waals surface area contributed by atoms with Crippen molar-refractivity contribution >= 4 is 11.9 Å². The maximum Gasteiger partial charge on any atom is 0.416 e. The third kappa shape index (κ3) is 7.63. The maximum absolute atomic E-state index is 13.7. The van der Waals surface area contributed by atoms with E-state index in [1.165, 1.54) is 12.3 Å². The highest BCUT2D eigenvalue weighted by Crippen LogP contribution is 2.36. The van der Waals surface area contributed by atoms with E-state index in [4.69, 9.17) is 4.74 Å². The van der Waals surface area contributed by atoms with Gasteiger partial charge in [0.2, 0.25) is 5.91 Å². The van der Waals surface area contributed by atoms with Crippen LogP contribution in [0.4, 0.5) is 13.2 Å². The Kier molecular flexibility index (Phi) is 8.76. The monoisotopic (exact) mass is 525 g/mol. The highest BCUT2D eigenvalue weighted by Gasteiger charge is 2.32. The first kappa shape index (κ1) is 27.3. The minimum absolute atomic E-state index is 0.00174. The maximum atomic E-state index is 13.7. The number of benzene rings is 1. The predicted molar refractivity (Wildman–Crippen MR) is 136 cm³/mol. The third-order valence-corrected chi connectivity index (χ3v) is 6.46. The molecule has 1 aromatic carbocycles. The lowest BCUT2D eigenvalue weighted by Gasteiger charge is -2.25. The summed E-state index contributed by atoms with van der Waals surface area (Å²) in [5.41, 5.74) is 2.21. The van der Waals surface area contributed by atoms with Gasteiger partial charge in [0.25, 0.3) is 0 Å². The van der Waals surface area contributed by atoms with Crippen LogP contribution in [-0.2, 0) is 39.9 Å². The molecule has 6 nitrogen and oxygen atoms in total. The number of amides is 1. The van der Waals surface area contributed by atoms with Gasteiger partial charge < -0.3 is 9.64 Å². The minimum Gasteiger partial charge on any atom is -0.466 e. The molecule has 0 bridgehead atoms. The molecule has 0 atom stereocenters. The molecule has 0 saturated heterocycles. The predicted octanol–water partition coefficient (Wildman–Crippen LogP) is 5.64. The van der Waals surface area contributed by atoms with Gasteiger partial charge in [0.05, 0.1) is 18.6 Å². The summed E-state index contributed by atoms with van der Waals surface area (Å²) < 4.78 is 46.0. The summed E-state index contributed by atoms with van der Waals surface area (Å²) >= 11 is 0. The first-order chi connectivity index (χ1) is 18.2. The number of carbonyl (C=O) groups is 2. The molecule has 2 aromatic heterocycles. The average molecular weight is 526 g/mol. The van der Waals surface area contributed by atoms with Gasteiger partial charge in [0.15, 0.2) is 0 Å². The normalized spacial score (nSPS) is 13.3. The lowest BCUT2D eigenvalue weighted by Crippen LogP contribution is -2.33. The van der Waals surface area contributed by atoms with Crippen molar-refractivity contribution < 1.29 is 27.5 Å². The van der Waals surface area contributed by atoms with Crippen LogP contribution in [0.15, 0.2) is 61.2 Å². The number of nitrogens with zero attached hydrogens (tertiary/aromatic N) is 3. The summed E-state index contributed by atoms with van der Waals surface area (Å²) in [6, 6.07) is 8.99. The molecule has 0 radical (unpaired) electrons. The van der Waals surface area contributed by atoms with Gasteiger partial charge in [-0.25, -0.2) is 0 Å². The average Bonchev–Trinajstić information content (AvgIpc) is 3.70. The van der Waals surface area contributed by atoms with E-state index in [0.717, 1.165) is 30.5 Å². The zero-order valence-electron chi connectivity index (χ0n) is 21.2. The van der Waals surface area contributed by atoms with Crippen LogP contribution in [0.25, 0.3) is 11.1 Å². The fourth-order valence-corrected chi connectivity index (χ4v) is 4.30. The number of esters is 1. The smallest absolute Gasteiger partial charge is 0.416 e. The van der Waals surface area contributed by atoms with Crippen molar-refractivity contribution in [2.45, 2.75) is 51.7 Å². The Balaban J connectivity index is 1.66. The lowest BCUT2D eigenvalue weighted by atomic mass is 9.96. The van der Waals surface area contributed by atoms with Gasteiger partial charge in [-0.05, 0) is 78.6 Å². The fraction of sp³-hybridized carbons (Fsp3) is 0.379. The number of aromatic nitrogens is 2. The summed E-state index contributed by atoms with van der Waals surface area (Å²) in [6.07, 6.45) is 4.85. The summed E-state index contributed by atoms with van der Waals surface area (Å²) in [5.74, 6) is -0.145. The molecule has 4 rings (SSSR count). The molecule has 2 heterocycles. The lowest BCUT2D eigenvalue weighted by molar-refractivity contribution is -0.142. The van der Waals surface area contributed by atoms with Crippen LogP contribution >= 0.6 is 0 Å². The van der Waals surface area contributed by atoms with Gasteiger partial charge in [-0.2, -0.15) is 13.2 Å². The zero-order chi connectivity index (χ0) is 27.1. The second-order valence-corrected chi connectivity index (χ2v) is 9.51. The summed E-state index contributed by atoms with van der Waals surface area (Å²) in [5, 5.41) is 0. The molecule has 0 aliphatic heterocycles. The molecular weight excluding hydrogens is 495 g/mol. The van der Waals surface area contributed by atoms with Gasteiger partial charge in [0.1, 0.15) is 0 Å². The summed E-state index contributed by atoms with van der Waals surface area (Å²) in [7, 11) is 0. The molecule has 200 valence electrons. The SMILES string of the molecule is CCOC(=O)Cc1cncc(-c2ccc(C(F)(F)F)cc2CN(CCc2cccnc2)C(=O)CC2CC2)c1. The third-order valence-electron chi connectivity index (χ3n) is 6.46. The van der Waals surface area contributed by atoms with Crippen molar-refractivity contribution in [2.75, 3.05) is 13.2 Å². The van der Waals surface area contributed by atoms with Crippen LogP contribution in [0, 0.1) is 5.92 Å². The quantitative estimate of drug-likeness (QED) is 0.303. The number of rotatable bonds is 11. The number of alkyl halides is 3. The molecule has 1 aliphatic carbocycles. The van der Waals surface area contributed by atoms with Gasteiger partial charge in [0, 0.05) is 49.9 Å². The second kappa shape index (κ2) is 12.2. The van der Waals surface area contributed by atoms with Crippen molar-refractivity contribution in [1.29, 1.82) is 0 Å². The van der Waals surface area contributed by atoms with Crippen LogP contribution in [0.1, 0.15) is 48.4 Å². The minimum atomic E-state index is -4.53. The first-order valence-corrected chi connectivity index (χ1v) is 12.7. The molecule has 38 heavy (non-hydrogen) atoms. The number of halogens is 3. The van der Waals surface area contributed by atoms with Crippen molar-refractivity contribution in [1.82, 2.24) is 14.9 Å². The number of ether oxygens (including phenoxy) is 1. The van der Waals surface area contributed by atoms with Crippen LogP contribution < -0.4 is 0 Å². The zero-order valence-corrected chi connectivity index (χ0v) is 21.2. The van der Waals surface area contributed by atoms with Crippen molar-refractivity contribution in [3.8, 4) is 11.1 Å². The first-order valence-electron chi connectivity index (χ1n) is 12.7. The van der Waals surface area contributed by atoms with E-state index in [1.807, 2.05) is 12.1 Å². The second-order valence-electron chi connectivity index (χ2n) is 9.51. The van der Waals surface area contributed by atoms with E-state index >= 15 is 0 Å². The molecular formula is C29H30F3N3O3. The van der Waals surface area contributed by atoms with Gasteiger partial charge in [-0.15, -0.1) is 0 Å². The van der Waals surface area contributed by atoms with Crippen LogP contribution in [0.3, 0.4) is 0 Å². The molecule has 1 amide bonds. The van der Waals surface area contributed by atoms with Crippen molar-refractivity contribution in [3.05, 3.63) is 83.4 Å². The van der Waals surface area contributed by atoms with Gasteiger partial charge in [-0.3, -0.25) is 19.6 Å². The standard InChI is InChI=1S/C29H30F3N3O3/c1-2-38-28(37)14-22-12-23(18-34-17-22)26-8-7-25(29(30,31)32)15-24(26)19-35(27(36)13-20-5-6-20)11-9-21-4-3-10-33-16-21/h3-4,7-8,10,12,15-18,20H,2,5-6,9,11,13-14,19H2,1H3. The fourth-order valence-electron chi connectivity index (χ4n) is 4.30. The van der Waals surface area contributed by atoms with E-state index in [1.54, 1.807) is 36.5 Å². The Labute approximate surface area is 219 Å². The van der Waals surface area contributed by atoms with E-state index in [-0.39, 0.29) is 25.5 Å². The molecule has 9 heteroatoms. The van der Waals surface area contributed by atoms with Gasteiger partial charge in [-0.1, -0.05) is 12.1 Å². The van der Waals surface area contributed by atoms with E-state index in [0.29, 0.717) is 47.6 Å². The van der Waals surface area contributed by atoms with Crippen LogP contribution in [-0.4, -0.2) is 39.9 Å². The summed E-state index contributed by atoms with van der Waals surface area (Å²) in [4.78, 5) is 35.1. The van der Waals surface area contributed by atoms with Crippen LogP contribution in [0.2, 0.25) is 0 Å². The van der Waals surface area contributed by atoms with E-state index in [2.05, 4.69) is 9.97 Å². The van der Waals surface area contributed by atoms with Crippen LogP contribution in [0.5, 0.6) is 0 Å². The number of hydrogen-bond acceptors (Lipinski definition) is 5. The highest BCUT2D eigenvalue weighted by atomic mass is 19.4. The Morgan fingerprint density at radius 2 is 1.84 bits per heavy atom. The molecule has 1 fully saturated rings. The molecule has 1 aliphatic rings. The van der Waals surface area contributed by atoms with Crippen molar-refractivity contribution in [3.63, 3.8) is 0 Å². The van der Waals surface area contributed by atoms with E-state index < -0.39 is 17.7 Å². The van der Waals surface area contributed by atoms with E-state index in [9.17, 15) is 22.8 Å². The van der Waals surface area contributed by atoms with Crippen molar-refractivity contribution in [2.24, 2.45) is 5.92 Å². The van der Waals surface area contributed by atoms with Gasteiger partial charge >= 0.3 is 12.1 Å². The number of pyridine rings is 2. The summed E-state index contributed by atoms with van der Waals surface area (Å²) in [6.45, 7) is 2.34. The largest absolute Gasteiger partial charge is 0.466 e. The topological polar surface area (TPSA) is 72.4 Å². The number of carbonyl (C=O) groups excluding carboxylic acids is 2. The molecule has 0 N–H and O–H groups in total. The molecule has 1 saturated carbocycles. The molecule has 0 spiro atoms. The Hall–Kier alpha value is -3.75. The Morgan fingerprint density at radius 1 is 1.05 bits per heavy atom. The Bertz CT molecular complexity index is 1260. The number of hydrogen-bond donors (Lipinski definition) is 0. The Morgan fingerprint density at radius 3 is 2.53 bits per heavy atom. The molecule has 3 aromatic rings. The highest BCUT2D eigenvalue weighted by molar-refractivity contribution is 5.78.